The fraction of sp³-hybridized carbons (Fsp3) is 0.250. The maximum atomic E-state index is 12.4. The van der Waals surface area contributed by atoms with Gasteiger partial charge in [0.1, 0.15) is 12.6 Å². The van der Waals surface area contributed by atoms with Crippen LogP contribution in [0.25, 0.3) is 11.0 Å². The summed E-state index contributed by atoms with van der Waals surface area (Å²) in [5.74, 6) is -0.327. The Hall–Kier alpha value is -2.54. The average molecular weight is 383 g/mol. The number of nitrogens with one attached hydrogen (secondary N) is 2. The van der Waals surface area contributed by atoms with Crippen molar-refractivity contribution in [2.45, 2.75) is 32.0 Å². The van der Waals surface area contributed by atoms with E-state index in [4.69, 9.17) is 16.3 Å². The lowest BCUT2D eigenvalue weighted by Gasteiger charge is -2.12. The molecule has 1 fully saturated rings. The predicted molar refractivity (Wildman–Crippen MR) is 103 cm³/mol. The van der Waals surface area contributed by atoms with Crippen LogP contribution in [-0.4, -0.2) is 22.0 Å². The molecule has 2 atom stereocenters. The van der Waals surface area contributed by atoms with E-state index in [1.165, 1.54) is 0 Å². The van der Waals surface area contributed by atoms with E-state index in [0.717, 1.165) is 22.3 Å². The summed E-state index contributed by atoms with van der Waals surface area (Å²) in [6.07, 6.45) is 0.560. The van der Waals surface area contributed by atoms with Crippen molar-refractivity contribution >= 4 is 28.6 Å². The summed E-state index contributed by atoms with van der Waals surface area (Å²) in [5, 5.41) is 0.674. The molecule has 0 amide bonds. The Morgan fingerprint density at radius 2 is 1.81 bits per heavy atom. The number of aryl methyl sites for hydroxylation is 1. The summed E-state index contributed by atoms with van der Waals surface area (Å²) in [5.41, 5.74) is 10.1. The first-order valence-electron chi connectivity index (χ1n) is 8.76. The molecule has 7 heteroatoms. The van der Waals surface area contributed by atoms with Gasteiger partial charge in [0.05, 0.1) is 22.4 Å². The number of para-hydroxylation sites is 2. The topological polar surface area (TPSA) is 76.1 Å². The Labute approximate surface area is 161 Å². The van der Waals surface area contributed by atoms with Gasteiger partial charge < -0.3 is 4.74 Å². The number of nitrogens with zero attached hydrogens (tertiary/aromatic N) is 2. The molecule has 2 N–H and O–H groups in total. The van der Waals surface area contributed by atoms with Gasteiger partial charge in [0.2, 0.25) is 0 Å². The number of rotatable bonds is 4. The molecule has 2 aromatic carbocycles. The number of ether oxygens (including phenoxy) is 1. The third-order valence-corrected chi connectivity index (χ3v) is 5.01. The minimum absolute atomic E-state index is 0.0431. The molecule has 2 unspecified atom stereocenters. The Morgan fingerprint density at radius 1 is 1.11 bits per heavy atom. The Morgan fingerprint density at radius 3 is 2.59 bits per heavy atom. The van der Waals surface area contributed by atoms with Gasteiger partial charge in [-0.1, -0.05) is 41.9 Å². The predicted octanol–water partition coefficient (Wildman–Crippen LogP) is 3.24. The van der Waals surface area contributed by atoms with Gasteiger partial charge >= 0.3 is 5.97 Å². The van der Waals surface area contributed by atoms with Crippen LogP contribution in [0.1, 0.15) is 29.4 Å². The molecule has 0 spiro atoms. The van der Waals surface area contributed by atoms with Crippen LogP contribution >= 0.6 is 11.6 Å². The van der Waals surface area contributed by atoms with E-state index in [2.05, 4.69) is 20.8 Å². The fourth-order valence-corrected chi connectivity index (χ4v) is 3.44. The second-order valence-electron chi connectivity index (χ2n) is 6.50. The highest BCUT2D eigenvalue weighted by Gasteiger charge is 2.32. The average Bonchev–Trinajstić information content (AvgIpc) is 3.16. The van der Waals surface area contributed by atoms with E-state index in [9.17, 15) is 4.79 Å². The standard InChI is InChI=1S/C20H19ClN4O2/c1-12-19(23-16-9-5-4-8-15(16)22-12)11-27-20(26)18-10-17(24-25-18)13-6-2-3-7-14(13)21/h2-9,17-18,24-25H,10-11H2,1H3. The van der Waals surface area contributed by atoms with Crippen LogP contribution in [0.15, 0.2) is 48.5 Å². The molecule has 1 aromatic heterocycles. The largest absolute Gasteiger partial charge is 0.458 e. The lowest BCUT2D eigenvalue weighted by Crippen LogP contribution is -2.37. The number of fused-ring (bicyclic) bond motifs is 1. The second kappa shape index (κ2) is 7.60. The Balaban J connectivity index is 1.40. The van der Waals surface area contributed by atoms with Gasteiger partial charge in [0, 0.05) is 11.1 Å². The van der Waals surface area contributed by atoms with Crippen LogP contribution in [0.3, 0.4) is 0 Å². The first kappa shape index (κ1) is 17.9. The van der Waals surface area contributed by atoms with Crippen molar-refractivity contribution < 1.29 is 9.53 Å². The van der Waals surface area contributed by atoms with Crippen molar-refractivity contribution in [2.24, 2.45) is 0 Å². The van der Waals surface area contributed by atoms with Crippen LogP contribution in [0.2, 0.25) is 5.02 Å². The molecule has 2 heterocycles. The highest BCUT2D eigenvalue weighted by Crippen LogP contribution is 2.28. The highest BCUT2D eigenvalue weighted by atomic mass is 35.5. The number of carbonyl (C=O) groups is 1. The SMILES string of the molecule is Cc1nc2ccccc2nc1COC(=O)C1CC(c2ccccc2Cl)NN1. The van der Waals surface area contributed by atoms with E-state index < -0.39 is 6.04 Å². The minimum Gasteiger partial charge on any atom is -0.458 e. The lowest BCUT2D eigenvalue weighted by molar-refractivity contribution is -0.147. The molecule has 3 aromatic rings. The van der Waals surface area contributed by atoms with Crippen LogP contribution < -0.4 is 10.9 Å². The van der Waals surface area contributed by atoms with Gasteiger partial charge in [-0.3, -0.25) is 4.79 Å². The zero-order valence-electron chi connectivity index (χ0n) is 14.8. The molecule has 0 saturated carbocycles. The van der Waals surface area contributed by atoms with E-state index in [0.29, 0.717) is 17.1 Å². The van der Waals surface area contributed by atoms with Gasteiger partial charge in [-0.25, -0.2) is 20.8 Å². The van der Waals surface area contributed by atoms with Crippen molar-refractivity contribution in [3.05, 3.63) is 70.5 Å². The monoisotopic (exact) mass is 382 g/mol. The molecule has 0 bridgehead atoms. The number of benzene rings is 2. The number of carbonyl (C=O) groups excluding carboxylic acids is 1. The molecule has 1 saturated heterocycles. The van der Waals surface area contributed by atoms with Crippen LogP contribution in [0.4, 0.5) is 0 Å². The zero-order valence-corrected chi connectivity index (χ0v) is 15.5. The molecule has 138 valence electrons. The molecule has 27 heavy (non-hydrogen) atoms. The van der Waals surface area contributed by atoms with E-state index >= 15 is 0 Å². The molecular formula is C20H19ClN4O2. The van der Waals surface area contributed by atoms with Gasteiger partial charge in [-0.2, -0.15) is 0 Å². The summed E-state index contributed by atoms with van der Waals surface area (Å²) in [7, 11) is 0. The number of esters is 1. The minimum atomic E-state index is -0.444. The molecule has 0 radical (unpaired) electrons. The van der Waals surface area contributed by atoms with Gasteiger partial charge in [0.15, 0.2) is 0 Å². The maximum absolute atomic E-state index is 12.4. The number of hydrazine groups is 1. The molecule has 0 aliphatic carbocycles. The summed E-state index contributed by atoms with van der Waals surface area (Å²) in [6, 6.07) is 14.7. The summed E-state index contributed by atoms with van der Waals surface area (Å²) >= 11 is 6.24. The normalized spacial score (nSPS) is 19.3. The molecule has 1 aliphatic heterocycles. The van der Waals surface area contributed by atoms with Crippen molar-refractivity contribution in [1.29, 1.82) is 0 Å². The van der Waals surface area contributed by atoms with E-state index in [1.807, 2.05) is 55.5 Å². The van der Waals surface area contributed by atoms with Crippen LogP contribution in [-0.2, 0) is 16.1 Å². The van der Waals surface area contributed by atoms with Crippen molar-refractivity contribution in [1.82, 2.24) is 20.8 Å². The number of aromatic nitrogens is 2. The third-order valence-electron chi connectivity index (χ3n) is 4.66. The summed E-state index contributed by atoms with van der Waals surface area (Å²) in [6.45, 7) is 1.96. The van der Waals surface area contributed by atoms with Crippen LogP contribution in [0.5, 0.6) is 0 Å². The number of hydrogen-bond acceptors (Lipinski definition) is 6. The fourth-order valence-electron chi connectivity index (χ4n) is 3.17. The summed E-state index contributed by atoms with van der Waals surface area (Å²) < 4.78 is 5.48. The second-order valence-corrected chi connectivity index (χ2v) is 6.91. The lowest BCUT2D eigenvalue weighted by atomic mass is 10.0. The summed E-state index contributed by atoms with van der Waals surface area (Å²) in [4.78, 5) is 21.5. The molecular weight excluding hydrogens is 364 g/mol. The van der Waals surface area contributed by atoms with Crippen molar-refractivity contribution in [3.8, 4) is 0 Å². The van der Waals surface area contributed by atoms with Gasteiger partial charge in [-0.15, -0.1) is 0 Å². The Bertz CT molecular complexity index is 995. The molecule has 6 nitrogen and oxygen atoms in total. The van der Waals surface area contributed by atoms with Crippen molar-refractivity contribution in [3.63, 3.8) is 0 Å². The number of halogens is 1. The zero-order chi connectivity index (χ0) is 18.8. The number of hydrogen-bond donors (Lipinski definition) is 2. The molecule has 1 aliphatic rings. The van der Waals surface area contributed by atoms with Gasteiger partial charge in [-0.05, 0) is 37.1 Å². The Kier molecular flexibility index (Phi) is 5.03. The van der Waals surface area contributed by atoms with Crippen LogP contribution in [0, 0.1) is 6.92 Å². The van der Waals surface area contributed by atoms with E-state index in [-0.39, 0.29) is 18.6 Å². The van der Waals surface area contributed by atoms with E-state index in [1.54, 1.807) is 0 Å². The first-order valence-corrected chi connectivity index (χ1v) is 9.14. The third kappa shape index (κ3) is 3.78. The smallest absolute Gasteiger partial charge is 0.324 e. The van der Waals surface area contributed by atoms with Gasteiger partial charge in [0.25, 0.3) is 0 Å². The maximum Gasteiger partial charge on any atom is 0.324 e. The molecule has 4 rings (SSSR count). The first-order chi connectivity index (χ1) is 13.1. The highest BCUT2D eigenvalue weighted by molar-refractivity contribution is 6.31. The van der Waals surface area contributed by atoms with Crippen molar-refractivity contribution in [2.75, 3.05) is 0 Å². The quantitative estimate of drug-likeness (QED) is 0.674.